The van der Waals surface area contributed by atoms with E-state index in [0.717, 1.165) is 58.4 Å². The average molecular weight is 418 g/mol. The quantitative estimate of drug-likeness (QED) is 0.644. The van der Waals surface area contributed by atoms with E-state index in [1.54, 1.807) is 33.3 Å². The maximum Gasteiger partial charge on any atom is 0.273 e. The molecule has 1 amide bonds. The van der Waals surface area contributed by atoms with Gasteiger partial charge in [0.1, 0.15) is 5.69 Å². The number of nitrogens with zero attached hydrogens (tertiary/aromatic N) is 5. The Hall–Kier alpha value is -2.12. The first-order valence-corrected chi connectivity index (χ1v) is 10.7. The van der Waals surface area contributed by atoms with E-state index in [4.69, 9.17) is 16.6 Å². The Bertz CT molecular complexity index is 966. The number of thiazole rings is 1. The highest BCUT2D eigenvalue weighted by Crippen LogP contribution is 2.36. The number of halogens is 1. The van der Waals surface area contributed by atoms with Crippen molar-refractivity contribution in [2.45, 2.75) is 19.8 Å². The summed E-state index contributed by atoms with van der Waals surface area (Å²) >= 11 is 8.02. The predicted octanol–water partition coefficient (Wildman–Crippen LogP) is 3.98. The van der Waals surface area contributed by atoms with Gasteiger partial charge in [0.15, 0.2) is 5.13 Å². The van der Waals surface area contributed by atoms with Gasteiger partial charge < -0.3 is 14.4 Å². The van der Waals surface area contributed by atoms with E-state index in [1.807, 2.05) is 26.2 Å². The molecule has 8 heteroatoms. The smallest absolute Gasteiger partial charge is 0.273 e. The van der Waals surface area contributed by atoms with Crippen LogP contribution in [-0.2, 0) is 7.05 Å². The largest absolute Gasteiger partial charge is 0.348 e. The Balaban J connectivity index is 1.37. The average Bonchev–Trinajstić information content (AvgIpc) is 3.32. The van der Waals surface area contributed by atoms with Crippen LogP contribution in [0, 0.1) is 12.8 Å². The van der Waals surface area contributed by atoms with Gasteiger partial charge >= 0.3 is 0 Å². The van der Waals surface area contributed by atoms with Gasteiger partial charge in [0, 0.05) is 39.9 Å². The van der Waals surface area contributed by atoms with Crippen LogP contribution in [0.5, 0.6) is 0 Å². The van der Waals surface area contributed by atoms with E-state index in [-0.39, 0.29) is 5.91 Å². The van der Waals surface area contributed by atoms with Gasteiger partial charge in [-0.15, -0.1) is 0 Å². The van der Waals surface area contributed by atoms with Crippen molar-refractivity contribution in [1.29, 1.82) is 0 Å². The van der Waals surface area contributed by atoms with Gasteiger partial charge in [-0.1, -0.05) is 29.0 Å². The van der Waals surface area contributed by atoms with E-state index in [9.17, 15) is 4.79 Å². The van der Waals surface area contributed by atoms with Crippen molar-refractivity contribution in [2.24, 2.45) is 13.0 Å². The van der Waals surface area contributed by atoms with Crippen molar-refractivity contribution in [3.05, 3.63) is 40.9 Å². The maximum absolute atomic E-state index is 12.5. The molecule has 0 spiro atoms. The normalized spacial score (nSPS) is 15.4. The Kier molecular flexibility index (Phi) is 5.29. The summed E-state index contributed by atoms with van der Waals surface area (Å²) < 4.78 is 2.87. The van der Waals surface area contributed by atoms with Crippen molar-refractivity contribution in [2.75, 3.05) is 31.6 Å². The molecule has 1 aliphatic heterocycles. The van der Waals surface area contributed by atoms with Gasteiger partial charge in [-0.05, 0) is 37.3 Å². The fourth-order valence-corrected chi connectivity index (χ4v) is 5.09. The van der Waals surface area contributed by atoms with Gasteiger partial charge in [0.2, 0.25) is 0 Å². The van der Waals surface area contributed by atoms with E-state index >= 15 is 0 Å². The number of hydrogen-bond donors (Lipinski definition) is 0. The van der Waals surface area contributed by atoms with Gasteiger partial charge in [-0.2, -0.15) is 0 Å². The second-order valence-electron chi connectivity index (χ2n) is 7.58. The Morgan fingerprint density at radius 2 is 2.11 bits per heavy atom. The van der Waals surface area contributed by atoms with Crippen LogP contribution in [0.1, 0.15) is 28.9 Å². The zero-order valence-corrected chi connectivity index (χ0v) is 17.9. The second kappa shape index (κ2) is 7.72. The summed E-state index contributed by atoms with van der Waals surface area (Å²) in [5.74, 6) is 0.480. The lowest BCUT2D eigenvalue weighted by atomic mass is 9.96. The molecule has 1 fully saturated rings. The highest BCUT2D eigenvalue weighted by atomic mass is 35.5. The minimum atomic E-state index is -0.0145. The van der Waals surface area contributed by atoms with Gasteiger partial charge in [-0.3, -0.25) is 4.79 Å². The van der Waals surface area contributed by atoms with Crippen molar-refractivity contribution in [3.63, 3.8) is 0 Å². The SMILES string of the molecule is Cc1ccc(Cl)c2sc(N3CCC(CN(C)C(=O)c4cn(C)cn4)CC3)nc12. The molecule has 3 aromatic rings. The molecule has 2 aromatic heterocycles. The number of benzene rings is 1. The minimum absolute atomic E-state index is 0.0145. The number of anilines is 1. The summed E-state index contributed by atoms with van der Waals surface area (Å²) in [7, 11) is 3.73. The molecule has 0 bridgehead atoms. The molecule has 0 atom stereocenters. The lowest BCUT2D eigenvalue weighted by Crippen LogP contribution is -2.39. The molecule has 0 aliphatic carbocycles. The fraction of sp³-hybridized carbons (Fsp3) is 0.450. The molecule has 4 rings (SSSR count). The van der Waals surface area contributed by atoms with Crippen LogP contribution in [0.2, 0.25) is 5.02 Å². The number of imidazole rings is 1. The number of aromatic nitrogens is 3. The third-order valence-electron chi connectivity index (χ3n) is 5.37. The first-order chi connectivity index (χ1) is 13.4. The third-order valence-corrected chi connectivity index (χ3v) is 6.95. The van der Waals surface area contributed by atoms with E-state index in [2.05, 4.69) is 16.8 Å². The standard InChI is InChI=1S/C20H24ClN5OS/c1-13-4-5-15(21)18-17(13)23-20(28-18)26-8-6-14(7-9-26)10-25(3)19(27)16-11-24(2)12-22-16/h4-5,11-12,14H,6-10H2,1-3H3. The van der Waals surface area contributed by atoms with E-state index in [0.29, 0.717) is 11.6 Å². The monoisotopic (exact) mass is 417 g/mol. The summed E-state index contributed by atoms with van der Waals surface area (Å²) in [6.45, 7) is 4.73. The fourth-order valence-electron chi connectivity index (χ4n) is 3.72. The van der Waals surface area contributed by atoms with Crippen LogP contribution in [0.3, 0.4) is 0 Å². The molecule has 3 heterocycles. The summed E-state index contributed by atoms with van der Waals surface area (Å²) in [5.41, 5.74) is 2.67. The van der Waals surface area contributed by atoms with Crippen LogP contribution in [0.15, 0.2) is 24.7 Å². The number of carbonyl (C=O) groups is 1. The Morgan fingerprint density at radius 1 is 1.36 bits per heavy atom. The van der Waals surface area contributed by atoms with Crippen molar-refractivity contribution in [3.8, 4) is 0 Å². The number of aryl methyl sites for hydroxylation is 2. The summed E-state index contributed by atoms with van der Waals surface area (Å²) in [6.07, 6.45) is 5.51. The molecule has 0 saturated carbocycles. The summed E-state index contributed by atoms with van der Waals surface area (Å²) in [6, 6.07) is 3.97. The highest BCUT2D eigenvalue weighted by Gasteiger charge is 2.25. The van der Waals surface area contributed by atoms with E-state index in [1.165, 1.54) is 0 Å². The number of rotatable bonds is 4. The zero-order chi connectivity index (χ0) is 19.8. The van der Waals surface area contributed by atoms with Crippen LogP contribution in [0.25, 0.3) is 10.2 Å². The Labute approximate surface area is 173 Å². The van der Waals surface area contributed by atoms with Gasteiger partial charge in [-0.25, -0.2) is 9.97 Å². The van der Waals surface area contributed by atoms with Crippen molar-refractivity contribution in [1.82, 2.24) is 19.4 Å². The maximum atomic E-state index is 12.5. The molecule has 148 valence electrons. The molecule has 1 aliphatic rings. The zero-order valence-electron chi connectivity index (χ0n) is 16.4. The molecule has 1 aromatic carbocycles. The lowest BCUT2D eigenvalue weighted by Gasteiger charge is -2.33. The molecule has 1 saturated heterocycles. The van der Waals surface area contributed by atoms with Crippen LogP contribution in [-0.4, -0.2) is 52.0 Å². The van der Waals surface area contributed by atoms with Gasteiger partial charge in [0.25, 0.3) is 5.91 Å². The lowest BCUT2D eigenvalue weighted by molar-refractivity contribution is 0.0759. The van der Waals surface area contributed by atoms with Crippen molar-refractivity contribution < 1.29 is 4.79 Å². The van der Waals surface area contributed by atoms with Crippen LogP contribution < -0.4 is 4.90 Å². The molecular formula is C20H24ClN5OS. The molecule has 0 N–H and O–H groups in total. The highest BCUT2D eigenvalue weighted by molar-refractivity contribution is 7.22. The van der Waals surface area contributed by atoms with Crippen molar-refractivity contribution >= 4 is 44.2 Å². The number of fused-ring (bicyclic) bond motifs is 1. The number of hydrogen-bond acceptors (Lipinski definition) is 5. The summed E-state index contributed by atoms with van der Waals surface area (Å²) in [4.78, 5) is 25.6. The van der Waals surface area contributed by atoms with Crippen LogP contribution in [0.4, 0.5) is 5.13 Å². The number of carbonyl (C=O) groups excluding carboxylic acids is 1. The Morgan fingerprint density at radius 3 is 2.75 bits per heavy atom. The van der Waals surface area contributed by atoms with E-state index < -0.39 is 0 Å². The number of amides is 1. The number of piperidine rings is 1. The third kappa shape index (κ3) is 3.73. The van der Waals surface area contributed by atoms with Crippen LogP contribution >= 0.6 is 22.9 Å². The molecular weight excluding hydrogens is 394 g/mol. The molecule has 28 heavy (non-hydrogen) atoms. The minimum Gasteiger partial charge on any atom is -0.348 e. The predicted molar refractivity (Wildman–Crippen MR) is 114 cm³/mol. The topological polar surface area (TPSA) is 54.3 Å². The molecule has 0 radical (unpaired) electrons. The first-order valence-electron chi connectivity index (χ1n) is 9.46. The van der Waals surface area contributed by atoms with Gasteiger partial charge in [0.05, 0.1) is 21.6 Å². The summed E-state index contributed by atoms with van der Waals surface area (Å²) in [5, 5.41) is 1.82. The second-order valence-corrected chi connectivity index (χ2v) is 8.96. The molecule has 6 nitrogen and oxygen atoms in total. The first kappa shape index (κ1) is 19.2. The molecule has 0 unspecified atom stereocenters.